The number of nitrogens with one attached hydrogen (secondary N) is 1. The van der Waals surface area contributed by atoms with Crippen molar-refractivity contribution in [2.24, 2.45) is 0 Å². The van der Waals surface area contributed by atoms with Crippen LogP contribution in [0.1, 0.15) is 22.7 Å². The number of hydrogen-bond acceptors (Lipinski definition) is 5. The molecule has 2 heterocycles. The van der Waals surface area contributed by atoms with E-state index in [2.05, 4.69) is 5.32 Å². The first-order valence-electron chi connectivity index (χ1n) is 8.77. The summed E-state index contributed by atoms with van der Waals surface area (Å²) in [5, 5.41) is 23.1. The molecule has 0 saturated heterocycles. The molecule has 29 heavy (non-hydrogen) atoms. The first kappa shape index (κ1) is 19.6. The number of nitro benzene ring substituents is 1. The number of benzene rings is 1. The van der Waals surface area contributed by atoms with Crippen molar-refractivity contribution in [3.8, 4) is 11.8 Å². The van der Waals surface area contributed by atoms with E-state index < -0.39 is 10.8 Å². The summed E-state index contributed by atoms with van der Waals surface area (Å²) in [6.07, 6.45) is 3.01. The van der Waals surface area contributed by atoms with Crippen molar-refractivity contribution in [1.82, 2.24) is 9.88 Å². The molecule has 0 aliphatic heterocycles. The number of amides is 1. The molecule has 1 amide bonds. The van der Waals surface area contributed by atoms with Gasteiger partial charge in [0, 0.05) is 23.5 Å². The number of nitriles is 1. The molecular weight excluding hydrogens is 372 g/mol. The lowest BCUT2D eigenvalue weighted by molar-refractivity contribution is -0.384. The van der Waals surface area contributed by atoms with Crippen molar-refractivity contribution in [3.05, 3.63) is 87.1 Å². The van der Waals surface area contributed by atoms with Gasteiger partial charge in [0.15, 0.2) is 0 Å². The van der Waals surface area contributed by atoms with Crippen molar-refractivity contribution < 1.29 is 14.1 Å². The Morgan fingerprint density at radius 1 is 1.31 bits per heavy atom. The zero-order chi connectivity index (χ0) is 21.0. The fourth-order valence-corrected chi connectivity index (χ4v) is 3.06. The summed E-state index contributed by atoms with van der Waals surface area (Å²) >= 11 is 0. The highest BCUT2D eigenvalue weighted by molar-refractivity contribution is 6.01. The highest BCUT2D eigenvalue weighted by Crippen LogP contribution is 2.25. The van der Waals surface area contributed by atoms with Crippen molar-refractivity contribution >= 4 is 17.7 Å². The van der Waals surface area contributed by atoms with Gasteiger partial charge in [-0.05, 0) is 49.8 Å². The Bertz CT molecular complexity index is 1130. The molecule has 8 heteroatoms. The van der Waals surface area contributed by atoms with Crippen molar-refractivity contribution in [2.75, 3.05) is 0 Å². The summed E-state index contributed by atoms with van der Waals surface area (Å²) in [5.41, 5.74) is 2.84. The molecule has 0 unspecified atom stereocenters. The maximum absolute atomic E-state index is 12.3. The van der Waals surface area contributed by atoms with E-state index in [-0.39, 0.29) is 17.8 Å². The number of non-ortho nitro benzene ring substituents is 1. The summed E-state index contributed by atoms with van der Waals surface area (Å²) in [6, 6.07) is 13.5. The molecule has 3 rings (SSSR count). The van der Waals surface area contributed by atoms with Gasteiger partial charge in [-0.25, -0.2) is 0 Å². The van der Waals surface area contributed by atoms with Crippen LogP contribution in [0.5, 0.6) is 0 Å². The van der Waals surface area contributed by atoms with Crippen LogP contribution < -0.4 is 5.32 Å². The van der Waals surface area contributed by atoms with Gasteiger partial charge in [-0.15, -0.1) is 0 Å². The van der Waals surface area contributed by atoms with E-state index >= 15 is 0 Å². The maximum atomic E-state index is 12.3. The first-order valence-corrected chi connectivity index (χ1v) is 8.77. The molecule has 0 saturated carbocycles. The predicted molar refractivity (Wildman–Crippen MR) is 106 cm³/mol. The number of nitro groups is 1. The molecule has 0 fully saturated rings. The minimum absolute atomic E-state index is 0.0119. The third-order valence-corrected chi connectivity index (χ3v) is 4.44. The number of nitrogens with zero attached hydrogens (tertiary/aromatic N) is 3. The van der Waals surface area contributed by atoms with Gasteiger partial charge >= 0.3 is 0 Å². The fraction of sp³-hybridized carbons (Fsp3) is 0.143. The number of rotatable bonds is 6. The highest BCUT2D eigenvalue weighted by Gasteiger charge is 2.15. The summed E-state index contributed by atoms with van der Waals surface area (Å²) in [6.45, 7) is 3.86. The quantitative estimate of drug-likeness (QED) is 0.297. The van der Waals surface area contributed by atoms with E-state index in [0.717, 1.165) is 11.4 Å². The van der Waals surface area contributed by atoms with Gasteiger partial charge in [0.2, 0.25) is 0 Å². The van der Waals surface area contributed by atoms with Gasteiger partial charge in [0.1, 0.15) is 17.4 Å². The Labute approximate surface area is 166 Å². The Hall–Kier alpha value is -4.12. The number of furan rings is 1. The molecule has 2 aromatic heterocycles. The third kappa shape index (κ3) is 4.25. The predicted octanol–water partition coefficient (Wildman–Crippen LogP) is 3.82. The second kappa shape index (κ2) is 8.27. The average molecular weight is 390 g/mol. The molecule has 1 N–H and O–H groups in total. The Kier molecular flexibility index (Phi) is 5.60. The zero-order valence-corrected chi connectivity index (χ0v) is 15.9. The lowest BCUT2D eigenvalue weighted by Gasteiger charge is -2.09. The molecule has 0 atom stereocenters. The third-order valence-electron chi connectivity index (χ3n) is 4.44. The lowest BCUT2D eigenvalue weighted by Crippen LogP contribution is -2.23. The van der Waals surface area contributed by atoms with Crippen LogP contribution >= 0.6 is 0 Å². The molecule has 3 aromatic rings. The molecule has 146 valence electrons. The van der Waals surface area contributed by atoms with Crippen LogP contribution in [0.4, 0.5) is 5.69 Å². The van der Waals surface area contributed by atoms with Crippen LogP contribution in [0.15, 0.2) is 58.7 Å². The minimum atomic E-state index is -0.510. The molecule has 0 aliphatic rings. The highest BCUT2D eigenvalue weighted by atomic mass is 16.6. The van der Waals surface area contributed by atoms with E-state index in [0.29, 0.717) is 17.0 Å². The Balaban J connectivity index is 1.90. The average Bonchev–Trinajstić information content (AvgIpc) is 3.32. The summed E-state index contributed by atoms with van der Waals surface area (Å²) in [5.74, 6) is 0.0727. The summed E-state index contributed by atoms with van der Waals surface area (Å²) in [7, 11) is 0. The van der Waals surface area contributed by atoms with E-state index in [9.17, 15) is 20.2 Å². The van der Waals surface area contributed by atoms with Crippen molar-refractivity contribution in [2.45, 2.75) is 20.4 Å². The van der Waals surface area contributed by atoms with Crippen LogP contribution in [0.3, 0.4) is 0 Å². The Morgan fingerprint density at radius 3 is 2.76 bits per heavy atom. The second-order valence-corrected chi connectivity index (χ2v) is 6.37. The first-order chi connectivity index (χ1) is 13.9. The molecule has 8 nitrogen and oxygen atoms in total. The van der Waals surface area contributed by atoms with Crippen LogP contribution in [-0.2, 0) is 11.3 Å². The van der Waals surface area contributed by atoms with Gasteiger partial charge < -0.3 is 14.3 Å². The largest absolute Gasteiger partial charge is 0.467 e. The van der Waals surface area contributed by atoms with Gasteiger partial charge in [0.25, 0.3) is 11.6 Å². The SMILES string of the molecule is Cc1cc(C=C(C#N)C(=O)NCc2ccco2)c(C)n1-c1cccc([N+](=O)[O-])c1. The summed E-state index contributed by atoms with van der Waals surface area (Å²) < 4.78 is 7.00. The molecule has 0 spiro atoms. The lowest BCUT2D eigenvalue weighted by atomic mass is 10.1. The molecule has 0 bridgehead atoms. The number of hydrogen-bond donors (Lipinski definition) is 1. The van der Waals surface area contributed by atoms with E-state index in [1.807, 2.05) is 30.6 Å². The number of aryl methyl sites for hydroxylation is 1. The monoisotopic (exact) mass is 390 g/mol. The topological polar surface area (TPSA) is 114 Å². The maximum Gasteiger partial charge on any atom is 0.271 e. The Morgan fingerprint density at radius 2 is 2.10 bits per heavy atom. The molecule has 0 aliphatic carbocycles. The number of carbonyl (C=O) groups excluding carboxylic acids is 1. The van der Waals surface area contributed by atoms with E-state index in [1.165, 1.54) is 24.5 Å². The van der Waals surface area contributed by atoms with Crippen LogP contribution in [0.2, 0.25) is 0 Å². The number of carbonyl (C=O) groups is 1. The van der Waals surface area contributed by atoms with Gasteiger partial charge in [-0.2, -0.15) is 5.26 Å². The number of aromatic nitrogens is 1. The minimum Gasteiger partial charge on any atom is -0.467 e. The van der Waals surface area contributed by atoms with Crippen molar-refractivity contribution in [3.63, 3.8) is 0 Å². The van der Waals surface area contributed by atoms with E-state index in [4.69, 9.17) is 4.42 Å². The normalized spacial score (nSPS) is 11.1. The van der Waals surface area contributed by atoms with Crippen LogP contribution in [-0.4, -0.2) is 15.4 Å². The zero-order valence-electron chi connectivity index (χ0n) is 15.9. The standard InChI is InChI=1S/C21H18N4O4/c1-14-9-16(10-17(12-22)21(26)23-13-20-7-4-8-29-20)15(2)24(14)18-5-3-6-19(11-18)25(27)28/h3-11H,13H2,1-2H3,(H,23,26). The van der Waals surface area contributed by atoms with Crippen LogP contribution in [0, 0.1) is 35.3 Å². The van der Waals surface area contributed by atoms with Crippen molar-refractivity contribution in [1.29, 1.82) is 5.26 Å². The van der Waals surface area contributed by atoms with Gasteiger partial charge in [0.05, 0.1) is 23.4 Å². The van der Waals surface area contributed by atoms with Crippen LogP contribution in [0.25, 0.3) is 11.8 Å². The molecule has 0 radical (unpaired) electrons. The van der Waals surface area contributed by atoms with Gasteiger partial charge in [-0.1, -0.05) is 6.07 Å². The summed E-state index contributed by atoms with van der Waals surface area (Å²) in [4.78, 5) is 23.0. The van der Waals surface area contributed by atoms with Gasteiger partial charge in [-0.3, -0.25) is 14.9 Å². The second-order valence-electron chi connectivity index (χ2n) is 6.37. The van der Waals surface area contributed by atoms with E-state index in [1.54, 1.807) is 24.3 Å². The smallest absolute Gasteiger partial charge is 0.271 e. The molecule has 1 aromatic carbocycles. The molecular formula is C21H18N4O4. The fourth-order valence-electron chi connectivity index (χ4n) is 3.06.